The Balaban J connectivity index is 0.801. The monoisotopic (exact) mass is 1140 g/mol. The molecule has 1 aliphatic carbocycles. The molecule has 0 N–H and O–H groups in total. The molecule has 432 valence electrons. The molecule has 0 bridgehead atoms. The number of unbranched alkanes of at least 4 members (excludes halogenated alkanes) is 5. The number of carbonyl (C=O) groups excluding carboxylic acids is 1. The molecule has 2 aliphatic heterocycles. The molecule has 0 spiro atoms. The van der Waals surface area contributed by atoms with Gasteiger partial charge < -0.3 is 37.9 Å². The highest BCUT2D eigenvalue weighted by Crippen LogP contribution is 2.43. The lowest BCUT2D eigenvalue weighted by Crippen LogP contribution is -2.45. The van der Waals surface area contributed by atoms with Crippen molar-refractivity contribution in [2.75, 3.05) is 52.9 Å². The second-order valence-electron chi connectivity index (χ2n) is 21.8. The summed E-state index contributed by atoms with van der Waals surface area (Å²) >= 11 is 1.53. The van der Waals surface area contributed by atoms with Crippen LogP contribution >= 0.6 is 11.3 Å². The molecule has 7 aromatic rings. The van der Waals surface area contributed by atoms with Gasteiger partial charge >= 0.3 is 12.1 Å². The molecule has 0 radical (unpaired) electrons. The second-order valence-corrected chi connectivity index (χ2v) is 22.8. The number of rotatable bonds is 29. The zero-order valence-corrected chi connectivity index (χ0v) is 47.5. The Morgan fingerprint density at radius 1 is 0.768 bits per heavy atom. The SMILES string of the molecule is CCC1(COCCCCCCOc2ccc(C(=O)Oc3c(/C=N/N=C(\C)c4cc5ccccc5s4)cc(OC(F)(F)c4ccc(-c5ccc(OCCCCCOCC6CCC7OC7C6)cc5)c(F)c4F)c4ccccc34)cc2C)COC1. The molecule has 2 saturated heterocycles. The van der Waals surface area contributed by atoms with E-state index in [1.165, 1.54) is 36.1 Å². The van der Waals surface area contributed by atoms with Gasteiger partial charge in [0.2, 0.25) is 0 Å². The minimum atomic E-state index is -4.40. The number of ether oxygens (including phenoxy) is 8. The van der Waals surface area contributed by atoms with Crippen LogP contribution in [0.15, 0.2) is 125 Å². The van der Waals surface area contributed by atoms with Crippen LogP contribution in [-0.4, -0.2) is 83.0 Å². The third-order valence-corrected chi connectivity index (χ3v) is 16.9. The number of fused-ring (bicyclic) bond motifs is 3. The van der Waals surface area contributed by atoms with Crippen LogP contribution in [0.3, 0.4) is 0 Å². The van der Waals surface area contributed by atoms with E-state index in [0.29, 0.717) is 60.7 Å². The smallest absolute Gasteiger partial charge is 0.429 e. The molecule has 11 nitrogen and oxygen atoms in total. The van der Waals surface area contributed by atoms with Crippen LogP contribution in [0.4, 0.5) is 17.6 Å². The molecule has 3 heterocycles. The van der Waals surface area contributed by atoms with Crippen LogP contribution in [0.1, 0.15) is 116 Å². The number of hydrogen-bond acceptors (Lipinski definition) is 12. The quantitative estimate of drug-likeness (QED) is 0.00859. The number of esters is 1. The molecular formula is C66H70F4N2O9S. The van der Waals surface area contributed by atoms with Crippen LogP contribution in [0.25, 0.3) is 32.0 Å². The van der Waals surface area contributed by atoms with Gasteiger partial charge in [0.25, 0.3) is 0 Å². The summed E-state index contributed by atoms with van der Waals surface area (Å²) in [4.78, 5) is 14.9. The Hall–Kier alpha value is -6.69. The van der Waals surface area contributed by atoms with Crippen molar-refractivity contribution in [2.24, 2.45) is 21.5 Å². The van der Waals surface area contributed by atoms with Crippen molar-refractivity contribution in [3.05, 3.63) is 154 Å². The van der Waals surface area contributed by atoms with Crippen molar-refractivity contribution in [1.82, 2.24) is 0 Å². The van der Waals surface area contributed by atoms with E-state index < -0.39 is 35.0 Å². The van der Waals surface area contributed by atoms with E-state index in [0.717, 1.165) is 124 Å². The fourth-order valence-corrected chi connectivity index (χ4v) is 11.5. The largest absolute Gasteiger partial charge is 0.494 e. The average Bonchev–Trinajstić information content (AvgIpc) is 4.05. The van der Waals surface area contributed by atoms with Crippen LogP contribution in [0.5, 0.6) is 23.0 Å². The van der Waals surface area contributed by atoms with Crippen molar-refractivity contribution < 1.29 is 60.3 Å². The lowest BCUT2D eigenvalue weighted by molar-refractivity contribution is -0.187. The maximum absolute atomic E-state index is 16.5. The van der Waals surface area contributed by atoms with E-state index in [1.54, 1.807) is 67.6 Å². The number of thiophene rings is 1. The highest BCUT2D eigenvalue weighted by molar-refractivity contribution is 7.20. The molecule has 1 saturated carbocycles. The van der Waals surface area contributed by atoms with Crippen LogP contribution in [-0.2, 0) is 25.1 Å². The number of alkyl halides is 2. The Morgan fingerprint density at radius 3 is 2.24 bits per heavy atom. The predicted molar refractivity (Wildman–Crippen MR) is 313 cm³/mol. The summed E-state index contributed by atoms with van der Waals surface area (Å²) in [5.74, 6) is -2.68. The summed E-state index contributed by atoms with van der Waals surface area (Å²) in [6, 6.07) is 30.7. The van der Waals surface area contributed by atoms with Crippen molar-refractivity contribution in [2.45, 2.75) is 110 Å². The number of hydrogen-bond donors (Lipinski definition) is 0. The molecule has 1 aromatic heterocycles. The molecule has 3 unspecified atom stereocenters. The number of carbonyl (C=O) groups is 1. The summed E-state index contributed by atoms with van der Waals surface area (Å²) in [6.45, 7) is 11.3. The summed E-state index contributed by atoms with van der Waals surface area (Å²) in [5.41, 5.74) is 0.463. The Labute approximate surface area is 480 Å². The molecule has 3 fully saturated rings. The third-order valence-electron chi connectivity index (χ3n) is 15.7. The molecule has 10 rings (SSSR count). The first-order valence-electron chi connectivity index (χ1n) is 28.6. The second kappa shape index (κ2) is 27.1. The molecule has 16 heteroatoms. The minimum Gasteiger partial charge on any atom is -0.494 e. The van der Waals surface area contributed by atoms with Gasteiger partial charge in [-0.15, -0.1) is 11.3 Å². The van der Waals surface area contributed by atoms with Gasteiger partial charge in [0.1, 0.15) is 28.6 Å². The van der Waals surface area contributed by atoms with Gasteiger partial charge in [0.15, 0.2) is 11.6 Å². The number of nitrogens with zero attached hydrogens (tertiary/aromatic N) is 2. The van der Waals surface area contributed by atoms with Gasteiger partial charge in [-0.2, -0.15) is 19.0 Å². The highest BCUT2D eigenvalue weighted by atomic mass is 32.1. The maximum atomic E-state index is 16.5. The Bertz CT molecular complexity index is 3340. The number of benzene rings is 6. The first-order valence-corrected chi connectivity index (χ1v) is 29.4. The predicted octanol–water partition coefficient (Wildman–Crippen LogP) is 16.0. The summed E-state index contributed by atoms with van der Waals surface area (Å²) in [7, 11) is 0. The average molecular weight is 1140 g/mol. The number of halogens is 4. The lowest BCUT2D eigenvalue weighted by Gasteiger charge is -2.40. The first kappa shape index (κ1) is 58.5. The zero-order valence-electron chi connectivity index (χ0n) is 46.7. The maximum Gasteiger partial charge on any atom is 0.429 e. The van der Waals surface area contributed by atoms with Crippen LogP contribution < -0.4 is 18.9 Å². The molecule has 3 aliphatic rings. The van der Waals surface area contributed by atoms with E-state index in [1.807, 2.05) is 37.3 Å². The molecule has 6 aromatic carbocycles. The van der Waals surface area contributed by atoms with Gasteiger partial charge in [0, 0.05) is 51.8 Å². The van der Waals surface area contributed by atoms with E-state index in [-0.39, 0.29) is 44.2 Å². The van der Waals surface area contributed by atoms with Crippen molar-refractivity contribution >= 4 is 50.1 Å². The van der Waals surface area contributed by atoms with Crippen LogP contribution in [0.2, 0.25) is 0 Å². The van der Waals surface area contributed by atoms with E-state index >= 15 is 17.6 Å². The van der Waals surface area contributed by atoms with Gasteiger partial charge in [0.05, 0.1) is 67.6 Å². The van der Waals surface area contributed by atoms with E-state index in [9.17, 15) is 4.79 Å². The normalized spacial score (nSPS) is 17.7. The summed E-state index contributed by atoms with van der Waals surface area (Å²) in [6.07, 6.45) is 8.77. The Morgan fingerprint density at radius 2 is 1.50 bits per heavy atom. The van der Waals surface area contributed by atoms with Gasteiger partial charge in [-0.25, -0.2) is 13.6 Å². The Kier molecular flexibility index (Phi) is 19.4. The van der Waals surface area contributed by atoms with Crippen molar-refractivity contribution in [3.8, 4) is 34.1 Å². The topological polar surface area (TPSA) is 119 Å². The highest BCUT2D eigenvalue weighted by Gasteiger charge is 2.44. The zero-order chi connectivity index (χ0) is 57.1. The first-order chi connectivity index (χ1) is 39.9. The van der Waals surface area contributed by atoms with Crippen LogP contribution in [0, 0.1) is 29.9 Å². The number of epoxide rings is 1. The summed E-state index contributed by atoms with van der Waals surface area (Å²) < 4.78 is 112. The third kappa shape index (κ3) is 14.6. The molecular weight excluding hydrogens is 1070 g/mol. The van der Waals surface area contributed by atoms with Crippen molar-refractivity contribution in [3.63, 3.8) is 0 Å². The lowest BCUT2D eigenvalue weighted by atomic mass is 9.84. The van der Waals surface area contributed by atoms with E-state index in [2.05, 4.69) is 17.1 Å². The number of aryl methyl sites for hydroxylation is 1. The van der Waals surface area contributed by atoms with Gasteiger partial charge in [-0.3, -0.25) is 0 Å². The standard InChI is InChI=1S/C66H70F4N2O9S/c1-4-65(41-76-42-65)40-75-31-12-5-6-14-33-78-55-29-23-48(34-43(55)2)64(73)80-63-49(38-71-72-44(3)60-37-47-16-8-11-19-59(47)82-60)36-57(52-17-9-10-18-53(52)63)81-66(69,70)54-27-26-51(61(67)62(54)68)46-21-24-50(25-22-46)77-32-15-7-13-30-74-39-45-20-28-56-58(35-45)79-56/h8-11,16-19,21-27,29,34,36-38,45,56,58H,4-7,12-15,20,28,30-33,35,39-42H2,1-3H3/b71-38+,72-44+. The fraction of sp³-hybridized carbons (Fsp3) is 0.409. The minimum absolute atomic E-state index is 0.0176. The molecule has 0 amide bonds. The fourth-order valence-electron chi connectivity index (χ4n) is 10.5. The van der Waals surface area contributed by atoms with Gasteiger partial charge in [-0.05, 0) is 155 Å². The van der Waals surface area contributed by atoms with E-state index in [4.69, 9.17) is 37.9 Å². The van der Waals surface area contributed by atoms with Gasteiger partial charge in [-0.1, -0.05) is 74.0 Å². The summed E-state index contributed by atoms with van der Waals surface area (Å²) in [5, 5.41) is 10.1. The van der Waals surface area contributed by atoms with Crippen molar-refractivity contribution in [1.29, 1.82) is 0 Å². The molecule has 82 heavy (non-hydrogen) atoms. The molecule has 3 atom stereocenters.